The van der Waals surface area contributed by atoms with Gasteiger partial charge in [0.1, 0.15) is 0 Å². The second kappa shape index (κ2) is 6.24. The third-order valence-corrected chi connectivity index (χ3v) is 4.23. The third kappa shape index (κ3) is 2.94. The zero-order valence-corrected chi connectivity index (χ0v) is 12.3. The lowest BCUT2D eigenvalue weighted by Crippen LogP contribution is -2.13. The average molecular weight is 290 g/mol. The summed E-state index contributed by atoms with van der Waals surface area (Å²) in [5.74, 6) is 1.74. The minimum absolute atomic E-state index is 0.720. The van der Waals surface area contributed by atoms with Crippen LogP contribution in [0.4, 0.5) is 0 Å². The van der Waals surface area contributed by atoms with Crippen molar-refractivity contribution in [3.8, 4) is 11.5 Å². The van der Waals surface area contributed by atoms with E-state index in [0.717, 1.165) is 55.5 Å². The standard InChI is InChI=1S/C15H18N2O2S/c1-11-14(20-10-17-11)9-16-8-12-4-2-5-13-15(12)19-7-3-6-18-13/h2,4-5,10,16H,3,6-9H2,1H3. The Kier molecular flexibility index (Phi) is 4.18. The largest absolute Gasteiger partial charge is 0.490 e. The number of para-hydroxylation sites is 1. The van der Waals surface area contributed by atoms with E-state index in [0.29, 0.717) is 0 Å². The van der Waals surface area contributed by atoms with Crippen LogP contribution >= 0.6 is 11.3 Å². The average Bonchev–Trinajstić information content (AvgIpc) is 2.73. The molecule has 1 aromatic heterocycles. The van der Waals surface area contributed by atoms with E-state index in [2.05, 4.69) is 16.4 Å². The molecule has 0 fully saturated rings. The molecule has 1 aliphatic rings. The van der Waals surface area contributed by atoms with E-state index in [1.54, 1.807) is 11.3 Å². The maximum Gasteiger partial charge on any atom is 0.165 e. The number of aromatic nitrogens is 1. The molecular formula is C15H18N2O2S. The fourth-order valence-electron chi connectivity index (χ4n) is 2.20. The van der Waals surface area contributed by atoms with Crippen LogP contribution in [-0.2, 0) is 13.1 Å². The zero-order valence-electron chi connectivity index (χ0n) is 11.5. The molecule has 0 saturated heterocycles. The summed E-state index contributed by atoms with van der Waals surface area (Å²) in [6, 6.07) is 6.07. The van der Waals surface area contributed by atoms with Gasteiger partial charge < -0.3 is 14.8 Å². The Bertz CT molecular complexity index is 583. The fourth-order valence-corrected chi connectivity index (χ4v) is 2.95. The molecule has 1 aromatic carbocycles. The molecular weight excluding hydrogens is 272 g/mol. The van der Waals surface area contributed by atoms with Gasteiger partial charge in [-0.05, 0) is 13.0 Å². The van der Waals surface area contributed by atoms with Gasteiger partial charge in [-0.25, -0.2) is 4.98 Å². The van der Waals surface area contributed by atoms with Gasteiger partial charge in [0.25, 0.3) is 0 Å². The molecule has 5 heteroatoms. The molecule has 0 saturated carbocycles. The Hall–Kier alpha value is -1.59. The van der Waals surface area contributed by atoms with Crippen LogP contribution < -0.4 is 14.8 Å². The highest BCUT2D eigenvalue weighted by atomic mass is 32.1. The first kappa shape index (κ1) is 13.4. The second-order valence-electron chi connectivity index (χ2n) is 4.76. The Morgan fingerprint density at radius 2 is 2.15 bits per heavy atom. The summed E-state index contributed by atoms with van der Waals surface area (Å²) in [6.07, 6.45) is 0.932. The van der Waals surface area contributed by atoms with Crippen molar-refractivity contribution in [1.29, 1.82) is 0 Å². The molecule has 3 rings (SSSR count). The van der Waals surface area contributed by atoms with Crippen molar-refractivity contribution in [2.75, 3.05) is 13.2 Å². The summed E-state index contributed by atoms with van der Waals surface area (Å²) in [7, 11) is 0. The maximum absolute atomic E-state index is 5.82. The molecule has 20 heavy (non-hydrogen) atoms. The number of rotatable bonds is 4. The predicted molar refractivity (Wildman–Crippen MR) is 79.4 cm³/mol. The second-order valence-corrected chi connectivity index (χ2v) is 5.70. The number of aryl methyl sites for hydroxylation is 1. The van der Waals surface area contributed by atoms with Gasteiger partial charge >= 0.3 is 0 Å². The summed E-state index contributed by atoms with van der Waals surface area (Å²) in [6.45, 7) is 5.09. The van der Waals surface area contributed by atoms with E-state index in [1.165, 1.54) is 4.88 Å². The number of fused-ring (bicyclic) bond motifs is 1. The summed E-state index contributed by atoms with van der Waals surface area (Å²) in [4.78, 5) is 5.54. The highest BCUT2D eigenvalue weighted by molar-refractivity contribution is 7.09. The molecule has 0 atom stereocenters. The van der Waals surface area contributed by atoms with Gasteiger partial charge in [0.15, 0.2) is 11.5 Å². The van der Waals surface area contributed by atoms with Gasteiger partial charge in [0.2, 0.25) is 0 Å². The molecule has 4 nitrogen and oxygen atoms in total. The molecule has 0 unspecified atom stereocenters. The zero-order chi connectivity index (χ0) is 13.8. The molecule has 106 valence electrons. The minimum Gasteiger partial charge on any atom is -0.490 e. The third-order valence-electron chi connectivity index (χ3n) is 3.30. The van der Waals surface area contributed by atoms with Crippen molar-refractivity contribution in [2.24, 2.45) is 0 Å². The Balaban J connectivity index is 1.67. The van der Waals surface area contributed by atoms with E-state index >= 15 is 0 Å². The van der Waals surface area contributed by atoms with E-state index in [9.17, 15) is 0 Å². The number of thiazole rings is 1. The number of benzene rings is 1. The molecule has 2 heterocycles. The lowest BCUT2D eigenvalue weighted by molar-refractivity contribution is 0.296. The van der Waals surface area contributed by atoms with Crippen molar-refractivity contribution in [2.45, 2.75) is 26.4 Å². The van der Waals surface area contributed by atoms with Crippen LogP contribution in [0.15, 0.2) is 23.7 Å². The number of nitrogens with zero attached hydrogens (tertiary/aromatic N) is 1. The first-order valence-corrected chi connectivity index (χ1v) is 7.70. The molecule has 1 aliphatic heterocycles. The maximum atomic E-state index is 5.82. The number of nitrogens with one attached hydrogen (secondary N) is 1. The Morgan fingerprint density at radius 3 is 3.00 bits per heavy atom. The van der Waals surface area contributed by atoms with E-state index < -0.39 is 0 Å². The van der Waals surface area contributed by atoms with Crippen molar-refractivity contribution in [1.82, 2.24) is 10.3 Å². The first-order valence-electron chi connectivity index (χ1n) is 6.82. The summed E-state index contributed by atoms with van der Waals surface area (Å²) in [5, 5.41) is 3.45. The fraction of sp³-hybridized carbons (Fsp3) is 0.400. The SMILES string of the molecule is Cc1ncsc1CNCc1cccc2c1OCCCO2. The van der Waals surface area contributed by atoms with Crippen molar-refractivity contribution in [3.63, 3.8) is 0 Å². The van der Waals surface area contributed by atoms with E-state index in [4.69, 9.17) is 9.47 Å². The summed E-state index contributed by atoms with van der Waals surface area (Å²) >= 11 is 1.69. The predicted octanol–water partition coefficient (Wildman–Crippen LogP) is 2.90. The van der Waals surface area contributed by atoms with Crippen LogP contribution in [-0.4, -0.2) is 18.2 Å². The summed E-state index contributed by atoms with van der Waals surface area (Å²) in [5.41, 5.74) is 4.14. The van der Waals surface area contributed by atoms with Gasteiger partial charge in [-0.2, -0.15) is 0 Å². The lowest BCUT2D eigenvalue weighted by Gasteiger charge is -2.12. The molecule has 0 radical (unpaired) electrons. The monoisotopic (exact) mass is 290 g/mol. The van der Waals surface area contributed by atoms with Crippen LogP contribution in [0.3, 0.4) is 0 Å². The van der Waals surface area contributed by atoms with Crippen molar-refractivity contribution in [3.05, 3.63) is 39.8 Å². The van der Waals surface area contributed by atoms with Crippen LogP contribution in [0.5, 0.6) is 11.5 Å². The topological polar surface area (TPSA) is 43.4 Å². The van der Waals surface area contributed by atoms with E-state index in [-0.39, 0.29) is 0 Å². The molecule has 0 aliphatic carbocycles. The highest BCUT2D eigenvalue weighted by Gasteiger charge is 2.14. The number of hydrogen-bond donors (Lipinski definition) is 1. The van der Waals surface area contributed by atoms with Crippen LogP contribution in [0, 0.1) is 6.92 Å². The normalized spacial score (nSPS) is 14.1. The molecule has 0 bridgehead atoms. The number of hydrogen-bond acceptors (Lipinski definition) is 5. The van der Waals surface area contributed by atoms with Crippen LogP contribution in [0.2, 0.25) is 0 Å². The number of ether oxygens (including phenoxy) is 2. The minimum atomic E-state index is 0.720. The van der Waals surface area contributed by atoms with Gasteiger partial charge in [-0.1, -0.05) is 12.1 Å². The van der Waals surface area contributed by atoms with Crippen molar-refractivity contribution >= 4 is 11.3 Å². The summed E-state index contributed by atoms with van der Waals surface area (Å²) < 4.78 is 11.5. The smallest absolute Gasteiger partial charge is 0.165 e. The Labute approximate surface area is 122 Å². The highest BCUT2D eigenvalue weighted by Crippen LogP contribution is 2.33. The van der Waals surface area contributed by atoms with Crippen LogP contribution in [0.1, 0.15) is 22.6 Å². The van der Waals surface area contributed by atoms with Gasteiger partial charge in [0.05, 0.1) is 24.4 Å². The Morgan fingerprint density at radius 1 is 1.25 bits per heavy atom. The van der Waals surface area contributed by atoms with Gasteiger partial charge in [-0.3, -0.25) is 0 Å². The quantitative estimate of drug-likeness (QED) is 0.940. The molecule has 0 amide bonds. The molecule has 2 aromatic rings. The van der Waals surface area contributed by atoms with E-state index in [1.807, 2.05) is 24.6 Å². The van der Waals surface area contributed by atoms with Crippen molar-refractivity contribution < 1.29 is 9.47 Å². The first-order chi connectivity index (χ1) is 9.84. The molecule has 1 N–H and O–H groups in total. The van der Waals surface area contributed by atoms with Gasteiger partial charge in [0, 0.05) is 30.0 Å². The molecule has 0 spiro atoms. The van der Waals surface area contributed by atoms with Crippen LogP contribution in [0.25, 0.3) is 0 Å². The van der Waals surface area contributed by atoms with Gasteiger partial charge in [-0.15, -0.1) is 11.3 Å². The lowest BCUT2D eigenvalue weighted by atomic mass is 10.2.